The standard InChI is InChI=1S/C63H40N4/c1-3-16-41(17-4-1)43-30-33-46(34-31-43)60-57(67-56-29-14-13-27-52(56)55-39-48-23-9-10-24-49(48)40-58(55)67)37-36-54(59(60)45-20-5-2-6-21-45)63-65-61(50-35-32-42-18-7-8-22-47(42)38-50)64-62(66-63)53-28-15-25-44-19-11-12-26-51(44)53/h1-40H. The van der Waals surface area contributed by atoms with Crippen LogP contribution in [0.2, 0.25) is 0 Å². The Labute approximate surface area is 387 Å². The molecule has 312 valence electrons. The molecule has 0 fully saturated rings. The zero-order valence-electron chi connectivity index (χ0n) is 36.4. The molecule has 0 N–H and O–H groups in total. The summed E-state index contributed by atoms with van der Waals surface area (Å²) in [6.45, 7) is 0. The smallest absolute Gasteiger partial charge is 0.164 e. The third-order valence-electron chi connectivity index (χ3n) is 13.2. The third kappa shape index (κ3) is 6.65. The van der Waals surface area contributed by atoms with E-state index in [0.29, 0.717) is 17.5 Å². The highest BCUT2D eigenvalue weighted by Crippen LogP contribution is 2.46. The molecule has 0 amide bonds. The Kier molecular flexibility index (Phi) is 9.14. The molecule has 0 atom stereocenters. The molecule has 2 aromatic heterocycles. The molecule has 2 heterocycles. The highest BCUT2D eigenvalue weighted by molar-refractivity contribution is 6.14. The first-order valence-corrected chi connectivity index (χ1v) is 22.8. The lowest BCUT2D eigenvalue weighted by Gasteiger charge is -2.22. The van der Waals surface area contributed by atoms with Gasteiger partial charge >= 0.3 is 0 Å². The van der Waals surface area contributed by atoms with Crippen molar-refractivity contribution < 1.29 is 0 Å². The molecule has 4 heteroatoms. The maximum Gasteiger partial charge on any atom is 0.164 e. The second kappa shape index (κ2) is 15.9. The fraction of sp³-hybridized carbons (Fsp3) is 0. The molecule has 4 nitrogen and oxygen atoms in total. The highest BCUT2D eigenvalue weighted by atomic mass is 15.0. The molecule has 0 radical (unpaired) electrons. The van der Waals surface area contributed by atoms with Gasteiger partial charge < -0.3 is 4.57 Å². The molecule has 13 rings (SSSR count). The number of hydrogen-bond donors (Lipinski definition) is 0. The van der Waals surface area contributed by atoms with Gasteiger partial charge in [-0.25, -0.2) is 15.0 Å². The Morgan fingerprint density at radius 3 is 1.54 bits per heavy atom. The van der Waals surface area contributed by atoms with Crippen molar-refractivity contribution in [2.45, 2.75) is 0 Å². The third-order valence-corrected chi connectivity index (χ3v) is 13.2. The second-order valence-corrected chi connectivity index (χ2v) is 17.2. The van der Waals surface area contributed by atoms with Gasteiger partial charge in [0.15, 0.2) is 17.5 Å². The van der Waals surface area contributed by atoms with Crippen molar-refractivity contribution in [2.24, 2.45) is 0 Å². The predicted octanol–water partition coefficient (Wildman–Crippen LogP) is 16.4. The number of benzene rings is 11. The molecule has 0 spiro atoms. The summed E-state index contributed by atoms with van der Waals surface area (Å²) in [5.41, 5.74) is 12.7. The minimum absolute atomic E-state index is 0.599. The molecule has 0 saturated carbocycles. The van der Waals surface area contributed by atoms with Crippen LogP contribution in [0, 0.1) is 0 Å². The summed E-state index contributed by atoms with van der Waals surface area (Å²) in [5, 5.41) is 9.33. The largest absolute Gasteiger partial charge is 0.309 e. The first-order chi connectivity index (χ1) is 33.2. The number of aromatic nitrogens is 4. The number of para-hydroxylation sites is 1. The van der Waals surface area contributed by atoms with Crippen molar-refractivity contribution in [1.82, 2.24) is 19.5 Å². The quantitative estimate of drug-likeness (QED) is 0.160. The van der Waals surface area contributed by atoms with Crippen LogP contribution in [-0.2, 0) is 0 Å². The Bertz CT molecular complexity index is 4020. The van der Waals surface area contributed by atoms with Crippen LogP contribution in [0.5, 0.6) is 0 Å². The van der Waals surface area contributed by atoms with E-state index in [4.69, 9.17) is 15.0 Å². The minimum Gasteiger partial charge on any atom is -0.309 e. The first-order valence-electron chi connectivity index (χ1n) is 22.8. The number of fused-ring (bicyclic) bond motifs is 6. The van der Waals surface area contributed by atoms with Gasteiger partial charge in [-0.15, -0.1) is 0 Å². The zero-order chi connectivity index (χ0) is 44.3. The maximum atomic E-state index is 5.48. The number of rotatable bonds is 7. The van der Waals surface area contributed by atoms with E-state index < -0.39 is 0 Å². The van der Waals surface area contributed by atoms with Gasteiger partial charge in [0.25, 0.3) is 0 Å². The van der Waals surface area contributed by atoms with Crippen LogP contribution in [0.1, 0.15) is 0 Å². The molecule has 0 aliphatic heterocycles. The lowest BCUT2D eigenvalue weighted by molar-refractivity contribution is 1.08. The van der Waals surface area contributed by atoms with Gasteiger partial charge in [-0.2, -0.15) is 0 Å². The molecule has 0 saturated heterocycles. The Balaban J connectivity index is 1.14. The molecule has 11 aromatic carbocycles. The van der Waals surface area contributed by atoms with Crippen molar-refractivity contribution >= 4 is 54.1 Å². The molecule has 13 aromatic rings. The normalized spacial score (nSPS) is 11.6. The average molecular weight is 853 g/mol. The van der Waals surface area contributed by atoms with Gasteiger partial charge in [-0.1, -0.05) is 206 Å². The van der Waals surface area contributed by atoms with E-state index in [-0.39, 0.29) is 0 Å². The Hall–Kier alpha value is -8.99. The number of hydrogen-bond acceptors (Lipinski definition) is 3. The van der Waals surface area contributed by atoms with Crippen molar-refractivity contribution in [3.63, 3.8) is 0 Å². The summed E-state index contributed by atoms with van der Waals surface area (Å²) in [7, 11) is 0. The van der Waals surface area contributed by atoms with E-state index in [9.17, 15) is 0 Å². The monoisotopic (exact) mass is 852 g/mol. The fourth-order valence-electron chi connectivity index (χ4n) is 10.0. The first kappa shape index (κ1) is 38.5. The summed E-state index contributed by atoms with van der Waals surface area (Å²) in [6, 6.07) is 86.7. The van der Waals surface area contributed by atoms with E-state index in [1.807, 2.05) is 0 Å². The topological polar surface area (TPSA) is 43.6 Å². The minimum atomic E-state index is 0.599. The summed E-state index contributed by atoms with van der Waals surface area (Å²) in [5.74, 6) is 1.84. The second-order valence-electron chi connectivity index (χ2n) is 17.2. The Morgan fingerprint density at radius 1 is 0.254 bits per heavy atom. The van der Waals surface area contributed by atoms with Gasteiger partial charge in [-0.05, 0) is 91.0 Å². The van der Waals surface area contributed by atoms with E-state index >= 15 is 0 Å². The lowest BCUT2D eigenvalue weighted by Crippen LogP contribution is -2.04. The van der Waals surface area contributed by atoms with Crippen molar-refractivity contribution in [1.29, 1.82) is 0 Å². The van der Waals surface area contributed by atoms with Crippen LogP contribution >= 0.6 is 0 Å². The summed E-state index contributed by atoms with van der Waals surface area (Å²) >= 11 is 0. The van der Waals surface area contributed by atoms with Crippen LogP contribution in [0.25, 0.3) is 127 Å². The van der Waals surface area contributed by atoms with Gasteiger partial charge in [-0.3, -0.25) is 0 Å². The van der Waals surface area contributed by atoms with Crippen LogP contribution in [0.15, 0.2) is 243 Å². The van der Waals surface area contributed by atoms with Gasteiger partial charge in [0.05, 0.1) is 16.7 Å². The van der Waals surface area contributed by atoms with Crippen molar-refractivity contribution in [2.75, 3.05) is 0 Å². The van der Waals surface area contributed by atoms with Gasteiger partial charge in [0.1, 0.15) is 0 Å². The van der Waals surface area contributed by atoms with E-state index in [1.54, 1.807) is 0 Å². The SMILES string of the molecule is c1ccc(-c2ccc(-c3c(-n4c5ccccc5c5cc6ccccc6cc54)ccc(-c4nc(-c5ccc6ccccc6c5)nc(-c5cccc6ccccc56)n4)c3-c3ccccc3)cc2)cc1. The van der Waals surface area contributed by atoms with Crippen LogP contribution in [-0.4, -0.2) is 19.5 Å². The molecule has 67 heavy (non-hydrogen) atoms. The van der Waals surface area contributed by atoms with Crippen molar-refractivity contribution in [3.8, 4) is 73.2 Å². The summed E-state index contributed by atoms with van der Waals surface area (Å²) in [6.07, 6.45) is 0. The molecule has 0 aliphatic rings. The summed E-state index contributed by atoms with van der Waals surface area (Å²) < 4.78 is 2.46. The van der Waals surface area contributed by atoms with Crippen LogP contribution < -0.4 is 0 Å². The molecule has 0 aliphatic carbocycles. The number of nitrogens with zero attached hydrogens (tertiary/aromatic N) is 4. The maximum absolute atomic E-state index is 5.48. The zero-order valence-corrected chi connectivity index (χ0v) is 36.4. The van der Waals surface area contributed by atoms with Crippen molar-refractivity contribution in [3.05, 3.63) is 243 Å². The fourth-order valence-corrected chi connectivity index (χ4v) is 10.0. The highest BCUT2D eigenvalue weighted by Gasteiger charge is 2.25. The predicted molar refractivity (Wildman–Crippen MR) is 279 cm³/mol. The van der Waals surface area contributed by atoms with E-state index in [2.05, 4.69) is 247 Å². The van der Waals surface area contributed by atoms with Gasteiger partial charge in [0, 0.05) is 38.6 Å². The molecule has 0 bridgehead atoms. The van der Waals surface area contributed by atoms with Crippen LogP contribution in [0.3, 0.4) is 0 Å². The van der Waals surface area contributed by atoms with Crippen LogP contribution in [0.4, 0.5) is 0 Å². The van der Waals surface area contributed by atoms with Gasteiger partial charge in [0.2, 0.25) is 0 Å². The molecular formula is C63H40N4. The Morgan fingerprint density at radius 2 is 0.776 bits per heavy atom. The summed E-state index contributed by atoms with van der Waals surface area (Å²) in [4.78, 5) is 16.2. The van der Waals surface area contributed by atoms with E-state index in [1.165, 1.54) is 27.1 Å². The molecular weight excluding hydrogens is 813 g/mol. The average Bonchev–Trinajstić information content (AvgIpc) is 3.72. The molecule has 0 unspecified atom stereocenters. The van der Waals surface area contributed by atoms with E-state index in [0.717, 1.165) is 82.8 Å². The lowest BCUT2D eigenvalue weighted by atomic mass is 9.87.